The molecule has 2 rings (SSSR count). The average Bonchev–Trinajstić information content (AvgIpc) is 2.55. The molecule has 1 aromatic heterocycles. The zero-order valence-corrected chi connectivity index (χ0v) is 10.8. The molecule has 1 heterocycles. The molecule has 0 atom stereocenters. The molecule has 3 nitrogen and oxygen atoms in total. The molecule has 0 radical (unpaired) electrons. The van der Waals surface area contributed by atoms with Crippen LogP contribution in [0.3, 0.4) is 0 Å². The van der Waals surface area contributed by atoms with Gasteiger partial charge in [-0.2, -0.15) is 0 Å². The van der Waals surface area contributed by atoms with Crippen LogP contribution in [0.5, 0.6) is 0 Å². The summed E-state index contributed by atoms with van der Waals surface area (Å²) in [5, 5.41) is 0. The fourth-order valence-corrected chi connectivity index (χ4v) is 2.89. The monoisotopic (exact) mass is 234 g/mol. The van der Waals surface area contributed by atoms with Crippen LogP contribution in [0.15, 0.2) is 10.9 Å². The van der Waals surface area contributed by atoms with Crippen molar-refractivity contribution >= 4 is 5.69 Å². The Kier molecular flexibility index (Phi) is 3.55. The maximum atomic E-state index is 12.3. The topological polar surface area (TPSA) is 48.0 Å². The molecule has 0 spiro atoms. The van der Waals surface area contributed by atoms with E-state index >= 15 is 0 Å². The number of anilines is 1. The molecular formula is C14H22N2O. The molecule has 0 unspecified atom stereocenters. The summed E-state index contributed by atoms with van der Waals surface area (Å²) in [6.07, 6.45) is 7.28. The maximum Gasteiger partial charge on any atom is 0.274 e. The molecule has 0 amide bonds. The first-order valence-corrected chi connectivity index (χ1v) is 6.59. The highest BCUT2D eigenvalue weighted by atomic mass is 16.1. The van der Waals surface area contributed by atoms with Crippen molar-refractivity contribution in [3.8, 4) is 0 Å². The Labute approximate surface area is 103 Å². The molecule has 2 N–H and O–H groups in total. The van der Waals surface area contributed by atoms with Crippen LogP contribution in [-0.2, 0) is 0 Å². The Bertz CT molecular complexity index is 454. The molecular weight excluding hydrogens is 212 g/mol. The number of nitrogens with zero attached hydrogens (tertiary/aromatic N) is 1. The normalized spacial score (nSPS) is 18.0. The van der Waals surface area contributed by atoms with Crippen molar-refractivity contribution in [2.45, 2.75) is 58.4 Å². The lowest BCUT2D eigenvalue weighted by molar-refractivity contribution is 0.425. The Morgan fingerprint density at radius 3 is 2.35 bits per heavy atom. The van der Waals surface area contributed by atoms with Gasteiger partial charge < -0.3 is 10.3 Å². The number of hydrogen-bond donors (Lipinski definition) is 1. The third-order valence-electron chi connectivity index (χ3n) is 3.87. The first-order valence-electron chi connectivity index (χ1n) is 6.59. The van der Waals surface area contributed by atoms with Crippen molar-refractivity contribution < 1.29 is 0 Å². The van der Waals surface area contributed by atoms with Crippen molar-refractivity contribution in [1.29, 1.82) is 0 Å². The lowest BCUT2D eigenvalue weighted by Crippen LogP contribution is -2.29. The predicted octanol–water partition coefficient (Wildman–Crippen LogP) is 2.94. The van der Waals surface area contributed by atoms with Gasteiger partial charge in [0.25, 0.3) is 5.56 Å². The first-order chi connectivity index (χ1) is 8.11. The molecule has 1 aliphatic rings. The predicted molar refractivity (Wildman–Crippen MR) is 71.3 cm³/mol. The largest absolute Gasteiger partial charge is 0.394 e. The second-order valence-electron chi connectivity index (χ2n) is 5.20. The van der Waals surface area contributed by atoms with E-state index in [0.29, 0.717) is 11.7 Å². The van der Waals surface area contributed by atoms with E-state index in [1.807, 2.05) is 24.5 Å². The van der Waals surface area contributed by atoms with E-state index in [-0.39, 0.29) is 5.56 Å². The third kappa shape index (κ3) is 2.38. The Morgan fingerprint density at radius 1 is 1.18 bits per heavy atom. The second kappa shape index (κ2) is 4.94. The number of pyridine rings is 1. The quantitative estimate of drug-likeness (QED) is 0.759. The molecule has 94 valence electrons. The standard InChI is InChI=1S/C14H22N2O/c1-10-9-11(2)16(14(17)13(10)15)12-7-5-3-4-6-8-12/h9,12H,3-8,15H2,1-2H3. The van der Waals surface area contributed by atoms with E-state index in [1.165, 1.54) is 25.7 Å². The van der Waals surface area contributed by atoms with Crippen molar-refractivity contribution in [2.24, 2.45) is 0 Å². The Morgan fingerprint density at radius 2 is 1.76 bits per heavy atom. The number of nitrogens with two attached hydrogens (primary N) is 1. The van der Waals surface area contributed by atoms with E-state index in [1.54, 1.807) is 0 Å². The fourth-order valence-electron chi connectivity index (χ4n) is 2.89. The van der Waals surface area contributed by atoms with Crippen molar-refractivity contribution in [3.63, 3.8) is 0 Å². The smallest absolute Gasteiger partial charge is 0.274 e. The highest BCUT2D eigenvalue weighted by Crippen LogP contribution is 2.27. The second-order valence-corrected chi connectivity index (χ2v) is 5.20. The molecule has 1 fully saturated rings. The van der Waals surface area contributed by atoms with E-state index < -0.39 is 0 Å². The van der Waals surface area contributed by atoms with Crippen molar-refractivity contribution in [2.75, 3.05) is 5.73 Å². The van der Waals surface area contributed by atoms with E-state index in [2.05, 4.69) is 0 Å². The summed E-state index contributed by atoms with van der Waals surface area (Å²) in [6, 6.07) is 2.38. The van der Waals surface area contributed by atoms with Crippen molar-refractivity contribution in [1.82, 2.24) is 4.57 Å². The molecule has 17 heavy (non-hydrogen) atoms. The average molecular weight is 234 g/mol. The first kappa shape index (κ1) is 12.2. The van der Waals surface area contributed by atoms with Gasteiger partial charge in [0.1, 0.15) is 5.69 Å². The molecule has 0 bridgehead atoms. The third-order valence-corrected chi connectivity index (χ3v) is 3.87. The minimum atomic E-state index is 0.00870. The van der Waals surface area contributed by atoms with E-state index in [0.717, 1.165) is 24.1 Å². The zero-order chi connectivity index (χ0) is 12.4. The number of aromatic nitrogens is 1. The van der Waals surface area contributed by atoms with Gasteiger partial charge in [0, 0.05) is 11.7 Å². The highest BCUT2D eigenvalue weighted by Gasteiger charge is 2.18. The van der Waals surface area contributed by atoms with Crippen molar-refractivity contribution in [3.05, 3.63) is 27.7 Å². The van der Waals surface area contributed by atoms with Gasteiger partial charge in [0.2, 0.25) is 0 Å². The van der Waals surface area contributed by atoms with Crippen LogP contribution in [0.1, 0.15) is 55.8 Å². The van der Waals surface area contributed by atoms with Gasteiger partial charge in [-0.25, -0.2) is 0 Å². The fraction of sp³-hybridized carbons (Fsp3) is 0.643. The van der Waals surface area contributed by atoms with Gasteiger partial charge in [-0.05, 0) is 38.3 Å². The highest BCUT2D eigenvalue weighted by molar-refractivity contribution is 5.44. The molecule has 1 saturated carbocycles. The van der Waals surface area contributed by atoms with Gasteiger partial charge in [-0.3, -0.25) is 4.79 Å². The van der Waals surface area contributed by atoms with Gasteiger partial charge in [0.15, 0.2) is 0 Å². The molecule has 0 saturated heterocycles. The Balaban J connectivity index is 2.43. The maximum absolute atomic E-state index is 12.3. The number of hydrogen-bond acceptors (Lipinski definition) is 2. The summed E-state index contributed by atoms with van der Waals surface area (Å²) < 4.78 is 1.92. The zero-order valence-electron chi connectivity index (χ0n) is 10.8. The lowest BCUT2D eigenvalue weighted by Gasteiger charge is -2.21. The lowest BCUT2D eigenvalue weighted by atomic mass is 10.1. The van der Waals surface area contributed by atoms with Crippen LogP contribution < -0.4 is 11.3 Å². The number of rotatable bonds is 1. The van der Waals surface area contributed by atoms with Crippen LogP contribution in [0.2, 0.25) is 0 Å². The SMILES string of the molecule is Cc1cc(C)n(C2CCCCCC2)c(=O)c1N. The summed E-state index contributed by atoms with van der Waals surface area (Å²) in [7, 11) is 0. The van der Waals surface area contributed by atoms with Gasteiger partial charge in [-0.1, -0.05) is 25.7 Å². The van der Waals surface area contributed by atoms with Crippen LogP contribution >= 0.6 is 0 Å². The summed E-state index contributed by atoms with van der Waals surface area (Å²) in [5.41, 5.74) is 8.24. The number of aryl methyl sites for hydroxylation is 2. The van der Waals surface area contributed by atoms with E-state index in [9.17, 15) is 4.79 Å². The minimum Gasteiger partial charge on any atom is -0.394 e. The van der Waals surface area contributed by atoms with E-state index in [4.69, 9.17) is 5.73 Å². The molecule has 0 aliphatic heterocycles. The van der Waals surface area contributed by atoms with Crippen LogP contribution in [0, 0.1) is 13.8 Å². The molecule has 1 aliphatic carbocycles. The van der Waals surface area contributed by atoms with Gasteiger partial charge >= 0.3 is 0 Å². The Hall–Kier alpha value is -1.25. The molecule has 3 heteroatoms. The summed E-state index contributed by atoms with van der Waals surface area (Å²) in [6.45, 7) is 3.92. The number of nitrogen functional groups attached to an aromatic ring is 1. The minimum absolute atomic E-state index is 0.00870. The molecule has 1 aromatic rings. The van der Waals surface area contributed by atoms with Crippen LogP contribution in [0.4, 0.5) is 5.69 Å². The molecule has 0 aromatic carbocycles. The van der Waals surface area contributed by atoms with Crippen LogP contribution in [0.25, 0.3) is 0 Å². The van der Waals surface area contributed by atoms with Gasteiger partial charge in [-0.15, -0.1) is 0 Å². The van der Waals surface area contributed by atoms with Crippen LogP contribution in [-0.4, -0.2) is 4.57 Å². The van der Waals surface area contributed by atoms with Gasteiger partial charge in [0.05, 0.1) is 0 Å². The summed E-state index contributed by atoms with van der Waals surface area (Å²) >= 11 is 0. The summed E-state index contributed by atoms with van der Waals surface area (Å²) in [4.78, 5) is 12.3. The summed E-state index contributed by atoms with van der Waals surface area (Å²) in [5.74, 6) is 0.